The van der Waals surface area contributed by atoms with Crippen molar-refractivity contribution in [2.45, 2.75) is 117 Å². The van der Waals surface area contributed by atoms with Gasteiger partial charge in [-0.2, -0.15) is 0 Å². The van der Waals surface area contributed by atoms with Crippen molar-refractivity contribution < 1.29 is 10.2 Å². The van der Waals surface area contributed by atoms with Crippen molar-refractivity contribution in [2.24, 2.45) is 0 Å². The Hall–Kier alpha value is -1.74. The molecule has 0 radical (unpaired) electrons. The summed E-state index contributed by atoms with van der Waals surface area (Å²) in [6.45, 7) is 22.3. The lowest BCUT2D eigenvalue weighted by atomic mass is 9.91. The lowest BCUT2D eigenvalue weighted by Crippen LogP contribution is -2.26. The lowest BCUT2D eigenvalue weighted by Gasteiger charge is -2.24. The first-order valence-corrected chi connectivity index (χ1v) is 16.4. The van der Waals surface area contributed by atoms with Crippen LogP contribution >= 0.6 is 0 Å². The minimum Gasteiger partial charge on any atom is -0.507 e. The summed E-state index contributed by atoms with van der Waals surface area (Å²) in [6, 6.07) is 11.4. The van der Waals surface area contributed by atoms with E-state index in [1.807, 2.05) is 0 Å². The van der Waals surface area contributed by atoms with Gasteiger partial charge in [0.15, 0.2) is 0 Å². The van der Waals surface area contributed by atoms with Gasteiger partial charge in [0.1, 0.15) is 11.5 Å². The van der Waals surface area contributed by atoms with Crippen molar-refractivity contribution in [1.29, 1.82) is 0 Å². The largest absolute Gasteiger partial charge is 0.507 e. The molecule has 33 heavy (non-hydrogen) atoms. The van der Waals surface area contributed by atoms with E-state index in [0.717, 1.165) is 35.1 Å². The van der Waals surface area contributed by atoms with Crippen molar-refractivity contribution in [3.63, 3.8) is 0 Å². The van der Waals surface area contributed by atoms with Crippen LogP contribution in [0.1, 0.15) is 112 Å². The number of phenols is 2. The summed E-state index contributed by atoms with van der Waals surface area (Å²) in [7, 11) is -1.40. The van der Waals surface area contributed by atoms with E-state index < -0.39 is 8.07 Å². The summed E-state index contributed by atoms with van der Waals surface area (Å²) in [6.07, 6.45) is 2.17. The number of hydrogen-bond acceptors (Lipinski definition) is 2. The maximum atomic E-state index is 10.7. The molecule has 0 aliphatic rings. The van der Waals surface area contributed by atoms with E-state index in [1.165, 1.54) is 23.2 Å². The summed E-state index contributed by atoms with van der Waals surface area (Å²) in [5.41, 5.74) is 7.08. The second-order valence-electron chi connectivity index (χ2n) is 12.0. The van der Waals surface area contributed by atoms with Crippen LogP contribution in [0.3, 0.4) is 0 Å². The highest BCUT2D eigenvalue weighted by molar-refractivity contribution is 6.77. The van der Waals surface area contributed by atoms with Gasteiger partial charge in [0.25, 0.3) is 0 Å². The lowest BCUT2D eigenvalue weighted by molar-refractivity contribution is 0.453. The first-order valence-electron chi connectivity index (χ1n) is 12.9. The van der Waals surface area contributed by atoms with Gasteiger partial charge in [0.05, 0.1) is 0 Å². The molecule has 2 N–H and O–H groups in total. The smallest absolute Gasteiger partial charge is 0.122 e. The van der Waals surface area contributed by atoms with E-state index in [-0.39, 0.29) is 0 Å². The molecule has 0 aliphatic carbocycles. The van der Waals surface area contributed by atoms with E-state index in [1.54, 1.807) is 0 Å². The Kier molecular flexibility index (Phi) is 9.27. The molecule has 2 aromatic carbocycles. The molecule has 0 aliphatic heterocycles. The van der Waals surface area contributed by atoms with Crippen LogP contribution in [-0.4, -0.2) is 18.3 Å². The van der Waals surface area contributed by atoms with Crippen LogP contribution in [0.15, 0.2) is 24.3 Å². The van der Waals surface area contributed by atoms with Gasteiger partial charge in [-0.15, -0.1) is 0 Å². The number of phenolic OH excluding ortho intramolecular Hbond substituents is 2. The van der Waals surface area contributed by atoms with E-state index >= 15 is 0 Å². The Morgan fingerprint density at radius 1 is 0.545 bits per heavy atom. The average molecular weight is 469 g/mol. The number of aromatic hydroxyl groups is 2. The van der Waals surface area contributed by atoms with Gasteiger partial charge in [-0.05, 0) is 69.9 Å². The number of benzene rings is 2. The summed E-state index contributed by atoms with van der Waals surface area (Å²) < 4.78 is 0. The molecule has 0 atom stereocenters. The van der Waals surface area contributed by atoms with Crippen LogP contribution in [0, 0.1) is 0 Å². The van der Waals surface area contributed by atoms with Crippen molar-refractivity contribution in [2.75, 3.05) is 0 Å². The predicted octanol–water partition coefficient (Wildman–Crippen LogP) is 9.09. The second-order valence-corrected chi connectivity index (χ2v) is 17.4. The van der Waals surface area contributed by atoms with E-state index in [2.05, 4.69) is 92.7 Å². The molecule has 0 amide bonds. The standard InChI is InChI=1S/C30H48O2Si/c1-19(2)25-15-23(16-26(20(3)4)29(25)31)11-13-33(9,10)14-12-24-17-27(21(5)6)30(32)28(18-24)22(7)8/h15-22,31-32H,11-14H2,1-10H3. The zero-order valence-electron chi connectivity index (χ0n) is 22.8. The quantitative estimate of drug-likeness (QED) is 0.341. The summed E-state index contributed by atoms with van der Waals surface area (Å²) in [5.74, 6) is 2.30. The number of aryl methyl sites for hydroxylation is 2. The number of hydrogen-bond donors (Lipinski definition) is 2. The first kappa shape index (κ1) is 27.5. The van der Waals surface area contributed by atoms with Gasteiger partial charge in [-0.25, -0.2) is 0 Å². The van der Waals surface area contributed by atoms with Gasteiger partial charge in [0.2, 0.25) is 0 Å². The van der Waals surface area contributed by atoms with Crippen molar-refractivity contribution >= 4 is 8.07 Å². The van der Waals surface area contributed by atoms with Gasteiger partial charge < -0.3 is 10.2 Å². The highest BCUT2D eigenvalue weighted by atomic mass is 28.3. The Morgan fingerprint density at radius 3 is 1.00 bits per heavy atom. The third-order valence-corrected chi connectivity index (χ3v) is 10.3. The fraction of sp³-hybridized carbons (Fsp3) is 0.600. The molecule has 3 heteroatoms. The summed E-state index contributed by atoms with van der Waals surface area (Å²) in [4.78, 5) is 0. The topological polar surface area (TPSA) is 40.5 Å². The van der Waals surface area contributed by atoms with Gasteiger partial charge in [-0.1, -0.05) is 105 Å². The van der Waals surface area contributed by atoms with Crippen LogP contribution in [0.4, 0.5) is 0 Å². The van der Waals surface area contributed by atoms with Crippen LogP contribution in [0.5, 0.6) is 11.5 Å². The number of rotatable bonds is 10. The monoisotopic (exact) mass is 468 g/mol. The molecule has 2 nitrogen and oxygen atoms in total. The zero-order chi connectivity index (χ0) is 25.1. The Bertz CT molecular complexity index is 805. The molecule has 0 bridgehead atoms. The van der Waals surface area contributed by atoms with Gasteiger partial charge in [-0.3, -0.25) is 0 Å². The van der Waals surface area contributed by atoms with Gasteiger partial charge in [0, 0.05) is 8.07 Å². The normalized spacial score (nSPS) is 12.5. The third-order valence-electron chi connectivity index (χ3n) is 7.13. The molecule has 2 rings (SSSR count). The highest BCUT2D eigenvalue weighted by Gasteiger charge is 2.23. The Balaban J connectivity index is 2.17. The second kappa shape index (κ2) is 11.1. The predicted molar refractivity (Wildman–Crippen MR) is 147 cm³/mol. The van der Waals surface area contributed by atoms with Crippen molar-refractivity contribution in [3.05, 3.63) is 57.6 Å². The van der Waals surface area contributed by atoms with E-state index in [4.69, 9.17) is 0 Å². The maximum absolute atomic E-state index is 10.7. The molecule has 2 aromatic rings. The van der Waals surface area contributed by atoms with E-state index in [0.29, 0.717) is 35.2 Å². The molecular formula is C30H48O2Si. The molecule has 0 unspecified atom stereocenters. The molecule has 0 fully saturated rings. The van der Waals surface area contributed by atoms with Crippen LogP contribution < -0.4 is 0 Å². The Morgan fingerprint density at radius 2 is 0.788 bits per heavy atom. The molecular weight excluding hydrogens is 420 g/mol. The summed E-state index contributed by atoms with van der Waals surface area (Å²) >= 11 is 0. The first-order chi connectivity index (χ1) is 15.2. The molecule has 184 valence electrons. The SMILES string of the molecule is CC(C)c1cc(CC[Si](C)(C)CCc2cc(C(C)C)c(O)c(C(C)C)c2)cc(C(C)C)c1O. The average Bonchev–Trinajstić information content (AvgIpc) is 2.71. The van der Waals surface area contributed by atoms with Crippen LogP contribution in [-0.2, 0) is 12.8 Å². The van der Waals surface area contributed by atoms with E-state index in [9.17, 15) is 10.2 Å². The fourth-order valence-corrected chi connectivity index (χ4v) is 6.81. The third kappa shape index (κ3) is 7.12. The summed E-state index contributed by atoms with van der Waals surface area (Å²) in [5, 5.41) is 21.5. The highest BCUT2D eigenvalue weighted by Crippen LogP contribution is 2.37. The fourth-order valence-electron chi connectivity index (χ4n) is 4.63. The molecule has 0 heterocycles. The molecule has 0 saturated carbocycles. The molecule has 0 spiro atoms. The van der Waals surface area contributed by atoms with Crippen LogP contribution in [0.2, 0.25) is 25.2 Å². The zero-order valence-corrected chi connectivity index (χ0v) is 23.8. The van der Waals surface area contributed by atoms with Crippen molar-refractivity contribution in [3.8, 4) is 11.5 Å². The minimum absolute atomic E-state index is 0.326. The molecule has 0 saturated heterocycles. The molecule has 0 aromatic heterocycles. The van der Waals surface area contributed by atoms with Gasteiger partial charge >= 0.3 is 0 Å². The minimum atomic E-state index is -1.40. The maximum Gasteiger partial charge on any atom is 0.122 e. The Labute approximate surface area is 204 Å². The van der Waals surface area contributed by atoms with Crippen LogP contribution in [0.25, 0.3) is 0 Å². The van der Waals surface area contributed by atoms with Crippen molar-refractivity contribution in [1.82, 2.24) is 0 Å².